The van der Waals surface area contributed by atoms with Crippen molar-refractivity contribution in [3.8, 4) is 0 Å². The lowest BCUT2D eigenvalue weighted by Gasteiger charge is -2.32. The van der Waals surface area contributed by atoms with Crippen LogP contribution in [-0.4, -0.2) is 28.9 Å². The summed E-state index contributed by atoms with van der Waals surface area (Å²) in [6.07, 6.45) is 3.71. The zero-order valence-corrected chi connectivity index (χ0v) is 11.5. The molecule has 0 aromatic carbocycles. The molecule has 0 spiro atoms. The lowest BCUT2D eigenvalue weighted by Crippen LogP contribution is -2.43. The highest BCUT2D eigenvalue weighted by molar-refractivity contribution is 6.33. The molecule has 100 valence electrons. The molecule has 0 aliphatic carbocycles. The molecular weight excluding hydrogens is 252 g/mol. The molecule has 5 nitrogen and oxygen atoms in total. The predicted molar refractivity (Wildman–Crippen MR) is 73.3 cm³/mol. The third-order valence-corrected chi connectivity index (χ3v) is 3.57. The predicted octanol–water partition coefficient (Wildman–Crippen LogP) is 1.41. The summed E-state index contributed by atoms with van der Waals surface area (Å²) in [6, 6.07) is 0.148. The zero-order chi connectivity index (χ0) is 13.3. The second kappa shape index (κ2) is 5.28. The number of hydrogen-bond acceptors (Lipinski definition) is 4. The van der Waals surface area contributed by atoms with E-state index < -0.39 is 0 Å². The molecule has 1 aromatic rings. The number of anilines is 1. The molecule has 1 fully saturated rings. The van der Waals surface area contributed by atoms with Crippen molar-refractivity contribution in [2.75, 3.05) is 18.0 Å². The lowest BCUT2D eigenvalue weighted by atomic mass is 10.1. The summed E-state index contributed by atoms with van der Waals surface area (Å²) in [4.78, 5) is 14.1. The highest BCUT2D eigenvalue weighted by Gasteiger charge is 2.21. The van der Waals surface area contributed by atoms with Crippen LogP contribution in [0.25, 0.3) is 0 Å². The summed E-state index contributed by atoms with van der Waals surface area (Å²) in [5.74, 6) is 0. The van der Waals surface area contributed by atoms with Crippen LogP contribution in [0.1, 0.15) is 32.7 Å². The molecule has 1 aliphatic heterocycles. The minimum atomic E-state index is -0.233. The molecular formula is C12H19ClN4O. The van der Waals surface area contributed by atoms with Crippen LogP contribution < -0.4 is 16.2 Å². The summed E-state index contributed by atoms with van der Waals surface area (Å²) in [7, 11) is 0. The first-order valence-corrected chi connectivity index (χ1v) is 6.66. The third kappa shape index (κ3) is 2.52. The summed E-state index contributed by atoms with van der Waals surface area (Å²) >= 11 is 6.17. The van der Waals surface area contributed by atoms with Crippen molar-refractivity contribution in [1.29, 1.82) is 0 Å². The maximum Gasteiger partial charge on any atom is 0.287 e. The van der Waals surface area contributed by atoms with Gasteiger partial charge in [0, 0.05) is 19.1 Å². The standard InChI is InChI=1S/C12H19ClN4O/c1-8(2)17-12(18)11(13)10(6-15-17)16-5-3-4-9(14)7-16/h6,8-9H,3-5,7,14H2,1-2H3. The normalized spacial score (nSPS) is 20.5. The number of hydrogen-bond donors (Lipinski definition) is 1. The Balaban J connectivity index is 2.35. The zero-order valence-electron chi connectivity index (χ0n) is 10.8. The Kier molecular flexibility index (Phi) is 3.92. The minimum Gasteiger partial charge on any atom is -0.367 e. The van der Waals surface area contributed by atoms with Crippen LogP contribution in [0.2, 0.25) is 5.02 Å². The van der Waals surface area contributed by atoms with E-state index in [-0.39, 0.29) is 22.7 Å². The molecule has 1 saturated heterocycles. The van der Waals surface area contributed by atoms with Crippen LogP contribution in [0.3, 0.4) is 0 Å². The van der Waals surface area contributed by atoms with Gasteiger partial charge in [-0.05, 0) is 26.7 Å². The molecule has 2 N–H and O–H groups in total. The van der Waals surface area contributed by atoms with Gasteiger partial charge < -0.3 is 10.6 Å². The summed E-state index contributed by atoms with van der Waals surface area (Å²) in [5.41, 5.74) is 6.41. The molecule has 1 aliphatic rings. The van der Waals surface area contributed by atoms with Crippen LogP contribution in [0.15, 0.2) is 11.0 Å². The van der Waals surface area contributed by atoms with E-state index in [0.717, 1.165) is 25.9 Å². The number of halogens is 1. The molecule has 6 heteroatoms. The maximum absolute atomic E-state index is 12.1. The molecule has 1 unspecified atom stereocenters. The van der Waals surface area contributed by atoms with E-state index in [4.69, 9.17) is 17.3 Å². The van der Waals surface area contributed by atoms with Crippen LogP contribution in [0.5, 0.6) is 0 Å². The number of nitrogens with zero attached hydrogens (tertiary/aromatic N) is 3. The Morgan fingerprint density at radius 2 is 2.28 bits per heavy atom. The first-order valence-electron chi connectivity index (χ1n) is 6.28. The van der Waals surface area contributed by atoms with Crippen molar-refractivity contribution in [1.82, 2.24) is 9.78 Å². The lowest BCUT2D eigenvalue weighted by molar-refractivity contribution is 0.490. The fraction of sp³-hybridized carbons (Fsp3) is 0.667. The highest BCUT2D eigenvalue weighted by Crippen LogP contribution is 2.24. The van der Waals surface area contributed by atoms with Gasteiger partial charge in [0.05, 0.1) is 17.9 Å². The second-order valence-electron chi connectivity index (χ2n) is 5.04. The molecule has 2 heterocycles. The van der Waals surface area contributed by atoms with E-state index in [2.05, 4.69) is 10.00 Å². The first kappa shape index (κ1) is 13.4. The molecule has 0 bridgehead atoms. The van der Waals surface area contributed by atoms with Gasteiger partial charge in [0.15, 0.2) is 0 Å². The largest absolute Gasteiger partial charge is 0.367 e. The van der Waals surface area contributed by atoms with Gasteiger partial charge in [-0.3, -0.25) is 4.79 Å². The smallest absolute Gasteiger partial charge is 0.287 e. The number of rotatable bonds is 2. The Morgan fingerprint density at radius 3 is 2.89 bits per heavy atom. The van der Waals surface area contributed by atoms with Crippen molar-refractivity contribution in [3.63, 3.8) is 0 Å². The van der Waals surface area contributed by atoms with E-state index in [1.165, 1.54) is 4.68 Å². The average molecular weight is 271 g/mol. The van der Waals surface area contributed by atoms with Gasteiger partial charge in [0.1, 0.15) is 5.02 Å². The van der Waals surface area contributed by atoms with E-state index in [9.17, 15) is 4.79 Å². The first-order chi connectivity index (χ1) is 8.50. The fourth-order valence-corrected chi connectivity index (χ4v) is 2.51. The second-order valence-corrected chi connectivity index (χ2v) is 5.41. The fourth-order valence-electron chi connectivity index (χ4n) is 2.25. The molecule has 2 rings (SSSR count). The molecule has 1 atom stereocenters. The van der Waals surface area contributed by atoms with Crippen LogP contribution in [0, 0.1) is 0 Å². The van der Waals surface area contributed by atoms with Gasteiger partial charge >= 0.3 is 0 Å². The van der Waals surface area contributed by atoms with Crippen molar-refractivity contribution < 1.29 is 0 Å². The van der Waals surface area contributed by atoms with Crippen molar-refractivity contribution in [3.05, 3.63) is 21.6 Å². The van der Waals surface area contributed by atoms with E-state index >= 15 is 0 Å². The highest BCUT2D eigenvalue weighted by atomic mass is 35.5. The van der Waals surface area contributed by atoms with Crippen LogP contribution in [0.4, 0.5) is 5.69 Å². The SMILES string of the molecule is CC(C)n1ncc(N2CCCC(N)C2)c(Cl)c1=O. The summed E-state index contributed by atoms with van der Waals surface area (Å²) in [6.45, 7) is 5.41. The number of piperidine rings is 1. The molecule has 0 saturated carbocycles. The van der Waals surface area contributed by atoms with E-state index in [0.29, 0.717) is 5.69 Å². The monoisotopic (exact) mass is 270 g/mol. The Morgan fingerprint density at radius 1 is 1.56 bits per heavy atom. The quantitative estimate of drug-likeness (QED) is 0.882. The number of aromatic nitrogens is 2. The summed E-state index contributed by atoms with van der Waals surface area (Å²) in [5, 5.41) is 4.42. The Bertz CT molecular complexity index is 485. The Labute approximate surface area is 112 Å². The molecule has 0 radical (unpaired) electrons. The van der Waals surface area contributed by atoms with Gasteiger partial charge in [-0.15, -0.1) is 0 Å². The summed E-state index contributed by atoms with van der Waals surface area (Å²) < 4.78 is 1.40. The average Bonchev–Trinajstić information content (AvgIpc) is 2.32. The van der Waals surface area contributed by atoms with Crippen molar-refractivity contribution >= 4 is 17.3 Å². The molecule has 1 aromatic heterocycles. The van der Waals surface area contributed by atoms with Gasteiger partial charge in [0.25, 0.3) is 5.56 Å². The Hall–Kier alpha value is -1.07. The minimum absolute atomic E-state index is 0.00710. The number of nitrogens with two attached hydrogens (primary N) is 1. The molecule has 18 heavy (non-hydrogen) atoms. The van der Waals surface area contributed by atoms with Gasteiger partial charge in [0.2, 0.25) is 0 Å². The van der Waals surface area contributed by atoms with Gasteiger partial charge in [-0.2, -0.15) is 5.10 Å². The van der Waals surface area contributed by atoms with Gasteiger partial charge in [-0.1, -0.05) is 11.6 Å². The molecule has 0 amide bonds. The maximum atomic E-state index is 12.1. The topological polar surface area (TPSA) is 64.2 Å². The van der Waals surface area contributed by atoms with Crippen LogP contribution >= 0.6 is 11.6 Å². The van der Waals surface area contributed by atoms with Gasteiger partial charge in [-0.25, -0.2) is 4.68 Å². The van der Waals surface area contributed by atoms with E-state index in [1.807, 2.05) is 13.8 Å². The van der Waals surface area contributed by atoms with Crippen molar-refractivity contribution in [2.24, 2.45) is 5.73 Å². The van der Waals surface area contributed by atoms with Crippen LogP contribution in [-0.2, 0) is 0 Å². The van der Waals surface area contributed by atoms with Crippen molar-refractivity contribution in [2.45, 2.75) is 38.8 Å². The van der Waals surface area contributed by atoms with E-state index in [1.54, 1.807) is 6.20 Å². The third-order valence-electron chi connectivity index (χ3n) is 3.21.